The lowest BCUT2D eigenvalue weighted by Crippen LogP contribution is -2.17. The number of phenols is 1. The van der Waals surface area contributed by atoms with Crippen molar-refractivity contribution in [3.8, 4) is 5.75 Å². The van der Waals surface area contributed by atoms with Gasteiger partial charge in [0.1, 0.15) is 5.75 Å². The van der Waals surface area contributed by atoms with E-state index < -0.39 is 0 Å². The second kappa shape index (κ2) is 5.93. The second-order valence-electron chi connectivity index (χ2n) is 5.71. The van der Waals surface area contributed by atoms with Crippen LogP contribution in [0, 0.1) is 0 Å². The van der Waals surface area contributed by atoms with Crippen LogP contribution in [0.5, 0.6) is 5.75 Å². The predicted molar refractivity (Wildman–Crippen MR) is 85.4 cm³/mol. The van der Waals surface area contributed by atoms with Crippen LogP contribution >= 0.6 is 11.8 Å². The van der Waals surface area contributed by atoms with Crippen molar-refractivity contribution in [2.75, 3.05) is 0 Å². The first-order chi connectivity index (χ1) is 9.79. The van der Waals surface area contributed by atoms with Crippen LogP contribution in [-0.4, -0.2) is 16.3 Å². The van der Waals surface area contributed by atoms with Crippen LogP contribution in [0.4, 0.5) is 4.79 Å². The van der Waals surface area contributed by atoms with Gasteiger partial charge in [-0.2, -0.15) is 0 Å². The van der Waals surface area contributed by atoms with Gasteiger partial charge in [0.15, 0.2) is 0 Å². The maximum absolute atomic E-state index is 11.6. The molecule has 112 valence electrons. The molecule has 0 saturated carbocycles. The van der Waals surface area contributed by atoms with E-state index >= 15 is 0 Å². The maximum Gasteiger partial charge on any atom is 0.290 e. The Morgan fingerprint density at radius 1 is 1.10 bits per heavy atom. The summed E-state index contributed by atoms with van der Waals surface area (Å²) in [4.78, 5) is 23.2. The fraction of sp³-hybridized carbons (Fsp3) is 0.375. The molecular formula is C16H19NO3S. The number of thioether (sulfide) groups is 1. The van der Waals surface area contributed by atoms with Crippen molar-refractivity contribution >= 4 is 29.0 Å². The van der Waals surface area contributed by atoms with Gasteiger partial charge < -0.3 is 5.11 Å². The quantitative estimate of drug-likeness (QED) is 0.829. The van der Waals surface area contributed by atoms with Crippen molar-refractivity contribution in [3.63, 3.8) is 0 Å². The van der Waals surface area contributed by atoms with E-state index in [1.807, 2.05) is 39.8 Å². The number of benzene rings is 1. The summed E-state index contributed by atoms with van der Waals surface area (Å²) in [7, 11) is 0. The number of imide groups is 1. The molecule has 1 aliphatic heterocycles. The highest BCUT2D eigenvalue weighted by molar-refractivity contribution is 8.18. The van der Waals surface area contributed by atoms with E-state index in [0.717, 1.165) is 28.5 Å². The summed E-state index contributed by atoms with van der Waals surface area (Å²) in [6, 6.07) is 3.74. The fourth-order valence-electron chi connectivity index (χ4n) is 2.24. The molecule has 4 nitrogen and oxygen atoms in total. The van der Waals surface area contributed by atoms with Crippen molar-refractivity contribution in [2.45, 2.75) is 39.5 Å². The lowest BCUT2D eigenvalue weighted by atomic mass is 9.91. The third kappa shape index (κ3) is 3.29. The van der Waals surface area contributed by atoms with Crippen LogP contribution in [0.15, 0.2) is 17.0 Å². The van der Waals surface area contributed by atoms with Crippen molar-refractivity contribution in [2.24, 2.45) is 0 Å². The summed E-state index contributed by atoms with van der Waals surface area (Å²) < 4.78 is 0. The number of hydrogen-bond acceptors (Lipinski definition) is 4. The Morgan fingerprint density at radius 3 is 2.00 bits per heavy atom. The number of rotatable bonds is 3. The Balaban J connectivity index is 2.52. The zero-order chi connectivity index (χ0) is 15.7. The first-order valence-electron chi connectivity index (χ1n) is 6.91. The molecule has 5 heteroatoms. The third-order valence-electron chi connectivity index (χ3n) is 3.38. The smallest absolute Gasteiger partial charge is 0.290 e. The molecule has 2 N–H and O–H groups in total. The molecule has 0 aromatic heterocycles. The summed E-state index contributed by atoms with van der Waals surface area (Å²) in [6.07, 6.45) is 1.70. The van der Waals surface area contributed by atoms with Crippen molar-refractivity contribution in [3.05, 3.63) is 33.7 Å². The van der Waals surface area contributed by atoms with Crippen molar-refractivity contribution in [1.82, 2.24) is 5.32 Å². The zero-order valence-electron chi connectivity index (χ0n) is 12.6. The average Bonchev–Trinajstić information content (AvgIpc) is 2.69. The van der Waals surface area contributed by atoms with E-state index in [0.29, 0.717) is 10.7 Å². The van der Waals surface area contributed by atoms with Crippen LogP contribution in [0.25, 0.3) is 6.08 Å². The number of amides is 2. The minimum Gasteiger partial charge on any atom is -0.507 e. The minimum atomic E-state index is -0.365. The summed E-state index contributed by atoms with van der Waals surface area (Å²) >= 11 is 0.900. The normalized spacial score (nSPS) is 17.1. The van der Waals surface area contributed by atoms with E-state index in [1.54, 1.807) is 6.08 Å². The molecule has 1 aromatic rings. The first-order valence-corrected chi connectivity index (χ1v) is 7.73. The number of carbonyl (C=O) groups is 2. The van der Waals surface area contributed by atoms with E-state index in [9.17, 15) is 14.7 Å². The van der Waals surface area contributed by atoms with Crippen LogP contribution < -0.4 is 5.32 Å². The van der Waals surface area contributed by atoms with Gasteiger partial charge in [0, 0.05) is 0 Å². The Bertz CT molecular complexity index is 603. The minimum absolute atomic E-state index is 0.174. The van der Waals surface area contributed by atoms with Crippen LogP contribution in [-0.2, 0) is 4.79 Å². The number of carbonyl (C=O) groups excluding carboxylic acids is 2. The first kappa shape index (κ1) is 15.6. The van der Waals surface area contributed by atoms with Gasteiger partial charge in [-0.1, -0.05) is 27.7 Å². The van der Waals surface area contributed by atoms with Crippen LogP contribution in [0.2, 0.25) is 0 Å². The molecule has 1 fully saturated rings. The van der Waals surface area contributed by atoms with Crippen molar-refractivity contribution < 1.29 is 14.7 Å². The average molecular weight is 305 g/mol. The third-order valence-corrected chi connectivity index (χ3v) is 4.19. The molecule has 0 bridgehead atoms. The molecule has 0 aliphatic carbocycles. The summed E-state index contributed by atoms with van der Waals surface area (Å²) in [5.41, 5.74) is 2.53. The highest BCUT2D eigenvalue weighted by Crippen LogP contribution is 2.36. The van der Waals surface area contributed by atoms with Gasteiger partial charge in [0.2, 0.25) is 0 Å². The van der Waals surface area contributed by atoms with Crippen LogP contribution in [0.3, 0.4) is 0 Å². The molecule has 21 heavy (non-hydrogen) atoms. The van der Waals surface area contributed by atoms with E-state index in [4.69, 9.17) is 0 Å². The highest BCUT2D eigenvalue weighted by Gasteiger charge is 2.25. The van der Waals surface area contributed by atoms with Gasteiger partial charge in [-0.15, -0.1) is 0 Å². The molecule has 2 amide bonds. The standard InChI is InChI=1S/C16H19NO3S/c1-8(2)11-5-10(6-12(9(3)4)14(11)18)7-13-15(19)17-16(20)21-13/h5-9,18H,1-4H3,(H,17,19,20)/b13-7+. The summed E-state index contributed by atoms with van der Waals surface area (Å²) in [5, 5.41) is 12.2. The molecule has 1 heterocycles. The molecule has 1 aliphatic rings. The van der Waals surface area contributed by atoms with Gasteiger partial charge in [0.05, 0.1) is 4.91 Å². The van der Waals surface area contributed by atoms with E-state index in [1.165, 1.54) is 0 Å². The van der Waals surface area contributed by atoms with Gasteiger partial charge >= 0.3 is 0 Å². The molecule has 0 unspecified atom stereocenters. The molecule has 0 spiro atoms. The number of phenolic OH excluding ortho intramolecular Hbond substituents is 1. The lowest BCUT2D eigenvalue weighted by Gasteiger charge is -2.16. The number of aromatic hydroxyl groups is 1. The SMILES string of the molecule is CC(C)c1cc(/C=C2/SC(=O)NC2=O)cc(C(C)C)c1O. The van der Waals surface area contributed by atoms with Gasteiger partial charge in [0.25, 0.3) is 11.1 Å². The molecule has 2 rings (SSSR count). The van der Waals surface area contributed by atoms with E-state index in [-0.39, 0.29) is 23.0 Å². The maximum atomic E-state index is 11.6. The Labute approximate surface area is 128 Å². The topological polar surface area (TPSA) is 66.4 Å². The predicted octanol–water partition coefficient (Wildman–Crippen LogP) is 3.96. The molecule has 0 atom stereocenters. The summed E-state index contributed by atoms with van der Waals surface area (Å²) in [6.45, 7) is 8.04. The molecule has 1 aromatic carbocycles. The van der Waals surface area contributed by atoms with Gasteiger partial charge in [-0.05, 0) is 58.5 Å². The zero-order valence-corrected chi connectivity index (χ0v) is 13.4. The summed E-state index contributed by atoms with van der Waals surface area (Å²) in [5.74, 6) is 0.303. The fourth-order valence-corrected chi connectivity index (χ4v) is 2.92. The number of hydrogen-bond donors (Lipinski definition) is 2. The largest absolute Gasteiger partial charge is 0.507 e. The number of nitrogens with one attached hydrogen (secondary N) is 1. The molecule has 1 saturated heterocycles. The van der Waals surface area contributed by atoms with Crippen molar-refractivity contribution in [1.29, 1.82) is 0 Å². The lowest BCUT2D eigenvalue weighted by molar-refractivity contribution is -0.115. The van der Waals surface area contributed by atoms with E-state index in [2.05, 4.69) is 5.32 Å². The van der Waals surface area contributed by atoms with Gasteiger partial charge in [-0.3, -0.25) is 14.9 Å². The monoisotopic (exact) mass is 305 g/mol. The molecular weight excluding hydrogens is 286 g/mol. The highest BCUT2D eigenvalue weighted by atomic mass is 32.2. The Hall–Kier alpha value is -1.75. The Morgan fingerprint density at radius 2 is 1.62 bits per heavy atom. The Kier molecular flexibility index (Phi) is 4.42. The molecule has 0 radical (unpaired) electrons. The van der Waals surface area contributed by atoms with Gasteiger partial charge in [-0.25, -0.2) is 0 Å². The second-order valence-corrected chi connectivity index (χ2v) is 6.72. The van der Waals surface area contributed by atoms with Crippen LogP contribution in [0.1, 0.15) is 56.2 Å².